The number of aliphatic carboxylic acids is 1. The molecule has 0 aromatic heterocycles. The van der Waals surface area contributed by atoms with Crippen LogP contribution >= 0.6 is 0 Å². The second-order valence-corrected chi connectivity index (χ2v) is 11.6. The van der Waals surface area contributed by atoms with E-state index in [4.69, 9.17) is 10.5 Å². The Morgan fingerprint density at radius 3 is 2.77 bits per heavy atom. The van der Waals surface area contributed by atoms with Crippen molar-refractivity contribution in [3.63, 3.8) is 0 Å². The van der Waals surface area contributed by atoms with E-state index in [1.165, 1.54) is 7.11 Å². The number of carboxylic acids is 1. The lowest BCUT2D eigenvalue weighted by molar-refractivity contribution is -0.208. The maximum Gasteiger partial charge on any atom is 0.334 e. The molecule has 7 unspecified atom stereocenters. The number of hydrogen-bond acceptors (Lipinski definition) is 6. The van der Waals surface area contributed by atoms with Gasteiger partial charge in [-0.2, -0.15) is 0 Å². The Balaban J connectivity index is 1.79. The summed E-state index contributed by atoms with van der Waals surface area (Å²) in [5, 5.41) is 35.2. The third kappa shape index (κ3) is 2.89. The minimum atomic E-state index is -1.53. The van der Waals surface area contributed by atoms with Gasteiger partial charge in [0.15, 0.2) is 5.96 Å². The molecule has 5 rings (SSSR count). The lowest BCUT2D eigenvalue weighted by atomic mass is 9.35. The molecule has 0 saturated heterocycles. The highest BCUT2D eigenvalue weighted by Gasteiger charge is 2.81. The standard InChI is InChI=1S/C26H40N4O5/c1-23-7-4-16-12-18-20(21(32)33)24(34,15-35-3)14-25(18,23)26(16)17(13-29-9-11-31)6-10-30(22(27)28-2)19(26)5-8-23/h6,10,16-17,19,29,31,34H,4-5,7-9,11-15H2,1-3H3,(H2,27,28)(H,32,33). The normalized spacial score (nSPS) is 44.0. The van der Waals surface area contributed by atoms with E-state index in [-0.39, 0.29) is 47.5 Å². The zero-order chi connectivity index (χ0) is 25.2. The highest BCUT2D eigenvalue weighted by molar-refractivity contribution is 5.92. The number of aliphatic hydroxyl groups is 2. The molecule has 7 atom stereocenters. The van der Waals surface area contributed by atoms with Crippen molar-refractivity contribution >= 4 is 11.9 Å². The minimum Gasteiger partial charge on any atom is -0.478 e. The van der Waals surface area contributed by atoms with Crippen molar-refractivity contribution in [2.75, 3.05) is 40.5 Å². The first-order valence-electron chi connectivity index (χ1n) is 12.9. The summed E-state index contributed by atoms with van der Waals surface area (Å²) >= 11 is 0. The number of carbonyl (C=O) groups is 1. The number of allylic oxidation sites excluding steroid dienone is 1. The molecule has 2 spiro atoms. The van der Waals surface area contributed by atoms with Gasteiger partial charge in [0.2, 0.25) is 0 Å². The van der Waals surface area contributed by atoms with Crippen LogP contribution in [-0.2, 0) is 9.53 Å². The van der Waals surface area contributed by atoms with Crippen LogP contribution < -0.4 is 11.1 Å². The Morgan fingerprint density at radius 1 is 1.37 bits per heavy atom. The van der Waals surface area contributed by atoms with Crippen molar-refractivity contribution < 1.29 is 24.9 Å². The quantitative estimate of drug-likeness (QED) is 0.204. The van der Waals surface area contributed by atoms with E-state index >= 15 is 0 Å². The van der Waals surface area contributed by atoms with E-state index in [2.05, 4.69) is 34.4 Å². The number of aliphatic hydroxyl groups excluding tert-OH is 1. The number of nitrogens with two attached hydrogens (primary N) is 1. The summed E-state index contributed by atoms with van der Waals surface area (Å²) in [6.45, 7) is 3.52. The van der Waals surface area contributed by atoms with Crippen molar-refractivity contribution in [2.45, 2.75) is 57.1 Å². The van der Waals surface area contributed by atoms with Gasteiger partial charge in [0.25, 0.3) is 0 Å². The van der Waals surface area contributed by atoms with Crippen molar-refractivity contribution in [1.29, 1.82) is 0 Å². The fourth-order valence-corrected chi connectivity index (χ4v) is 9.63. The average Bonchev–Trinajstić information content (AvgIpc) is 3.18. The third-order valence-corrected chi connectivity index (χ3v) is 10.5. The second-order valence-electron chi connectivity index (χ2n) is 11.6. The summed E-state index contributed by atoms with van der Waals surface area (Å²) < 4.78 is 5.43. The first-order chi connectivity index (χ1) is 16.7. The molecule has 5 aliphatic rings. The minimum absolute atomic E-state index is 0.0348. The molecule has 9 heteroatoms. The molecule has 1 aliphatic heterocycles. The number of rotatable bonds is 7. The van der Waals surface area contributed by atoms with Gasteiger partial charge in [-0.3, -0.25) is 4.99 Å². The summed E-state index contributed by atoms with van der Waals surface area (Å²) in [6.07, 6.45) is 9.21. The van der Waals surface area contributed by atoms with Crippen molar-refractivity contribution in [1.82, 2.24) is 10.2 Å². The second kappa shape index (κ2) is 8.30. The summed E-state index contributed by atoms with van der Waals surface area (Å²) in [7, 11) is 3.22. The number of hydrogen-bond donors (Lipinski definition) is 5. The number of methoxy groups -OCH3 is 1. The zero-order valence-corrected chi connectivity index (χ0v) is 21.1. The molecule has 194 valence electrons. The zero-order valence-electron chi connectivity index (χ0n) is 21.1. The number of ether oxygens (including phenoxy) is 1. The molecule has 0 radical (unpaired) electrons. The van der Waals surface area contributed by atoms with Gasteiger partial charge in [-0.15, -0.1) is 0 Å². The smallest absolute Gasteiger partial charge is 0.334 e. The monoisotopic (exact) mass is 488 g/mol. The van der Waals surface area contributed by atoms with E-state index in [1.54, 1.807) is 7.05 Å². The van der Waals surface area contributed by atoms with Crippen LogP contribution in [0.1, 0.15) is 45.4 Å². The van der Waals surface area contributed by atoms with Crippen LogP contribution in [-0.4, -0.2) is 84.3 Å². The number of nitrogens with one attached hydrogen (secondary N) is 1. The molecule has 6 N–H and O–H groups in total. The number of carboxylic acid groups (broad SMARTS) is 1. The Morgan fingerprint density at radius 2 is 2.11 bits per heavy atom. The van der Waals surface area contributed by atoms with Crippen LogP contribution in [0, 0.1) is 28.1 Å². The van der Waals surface area contributed by atoms with Crippen LogP contribution in [0.25, 0.3) is 0 Å². The topological polar surface area (TPSA) is 141 Å². The largest absolute Gasteiger partial charge is 0.478 e. The number of nitrogens with zero attached hydrogens (tertiary/aromatic N) is 2. The van der Waals surface area contributed by atoms with E-state index in [0.29, 0.717) is 31.9 Å². The Kier molecular flexibility index (Phi) is 5.86. The van der Waals surface area contributed by atoms with Crippen LogP contribution in [0.3, 0.4) is 0 Å². The number of aliphatic imine (C=N–C) groups is 1. The predicted octanol–water partition coefficient (Wildman–Crippen LogP) is 1.08. The first kappa shape index (κ1) is 24.7. The molecule has 0 aromatic carbocycles. The van der Waals surface area contributed by atoms with Gasteiger partial charge in [-0.25, -0.2) is 4.79 Å². The highest BCUT2D eigenvalue weighted by Crippen LogP contribution is 2.84. The average molecular weight is 489 g/mol. The fraction of sp³-hybridized carbons (Fsp3) is 0.769. The molecular weight excluding hydrogens is 448 g/mol. The molecule has 1 heterocycles. The summed E-state index contributed by atoms with van der Waals surface area (Å²) in [6, 6.07) is 0.0490. The van der Waals surface area contributed by atoms with Gasteiger partial charge >= 0.3 is 5.97 Å². The van der Waals surface area contributed by atoms with Gasteiger partial charge < -0.3 is 36.0 Å². The summed E-state index contributed by atoms with van der Waals surface area (Å²) in [5.74, 6) is -0.199. The molecular formula is C26H40N4O5. The molecule has 4 aliphatic carbocycles. The van der Waals surface area contributed by atoms with E-state index in [1.807, 2.05) is 0 Å². The SMILES string of the molecule is CN=C(N)N1C=CC(CNCCO)C23C4CCC(C)(CCC12)C31CC(O)(COC)C(C(=O)O)=C1C4. The molecule has 3 saturated carbocycles. The van der Waals surface area contributed by atoms with Crippen molar-refractivity contribution in [3.05, 3.63) is 23.4 Å². The molecule has 3 fully saturated rings. The fourth-order valence-electron chi connectivity index (χ4n) is 9.63. The van der Waals surface area contributed by atoms with Crippen LogP contribution in [0.4, 0.5) is 0 Å². The van der Waals surface area contributed by atoms with Gasteiger partial charge in [0.05, 0.1) is 18.8 Å². The Bertz CT molecular complexity index is 996. The van der Waals surface area contributed by atoms with Gasteiger partial charge in [0.1, 0.15) is 5.60 Å². The van der Waals surface area contributed by atoms with E-state index in [0.717, 1.165) is 31.3 Å². The Hall–Kier alpha value is -1.94. The highest BCUT2D eigenvalue weighted by atomic mass is 16.5. The predicted molar refractivity (Wildman–Crippen MR) is 131 cm³/mol. The van der Waals surface area contributed by atoms with Crippen LogP contribution in [0.15, 0.2) is 28.4 Å². The molecule has 4 bridgehead atoms. The van der Waals surface area contributed by atoms with Crippen LogP contribution in [0.2, 0.25) is 0 Å². The van der Waals surface area contributed by atoms with Gasteiger partial charge in [0, 0.05) is 50.3 Å². The lowest BCUT2D eigenvalue weighted by Gasteiger charge is -2.71. The van der Waals surface area contributed by atoms with E-state index < -0.39 is 17.0 Å². The van der Waals surface area contributed by atoms with Gasteiger partial charge in [-0.05, 0) is 61.3 Å². The van der Waals surface area contributed by atoms with Gasteiger partial charge in [-0.1, -0.05) is 13.0 Å². The van der Waals surface area contributed by atoms with E-state index in [9.17, 15) is 20.1 Å². The molecule has 0 amide bonds. The van der Waals surface area contributed by atoms with Crippen molar-refractivity contribution in [3.8, 4) is 0 Å². The summed E-state index contributed by atoms with van der Waals surface area (Å²) in [4.78, 5) is 19.2. The maximum atomic E-state index is 12.7. The van der Waals surface area contributed by atoms with Crippen molar-refractivity contribution in [2.24, 2.45) is 38.8 Å². The van der Waals surface area contributed by atoms with Crippen LogP contribution in [0.5, 0.6) is 0 Å². The third-order valence-electron chi connectivity index (χ3n) is 10.5. The lowest BCUT2D eigenvalue weighted by Crippen LogP contribution is -2.72. The Labute approximate surface area is 207 Å². The molecule has 35 heavy (non-hydrogen) atoms. The number of guanidine groups is 1. The summed E-state index contributed by atoms with van der Waals surface area (Å²) in [5.41, 5.74) is 5.06. The first-order valence-corrected chi connectivity index (χ1v) is 12.9. The maximum absolute atomic E-state index is 12.7. The molecule has 0 aromatic rings. The molecule has 9 nitrogen and oxygen atoms in total.